The molecule has 22 nitrogen and oxygen atoms in total. The van der Waals surface area contributed by atoms with E-state index in [1.165, 1.54) is 90.5 Å². The van der Waals surface area contributed by atoms with Crippen LogP contribution >= 0.6 is 0 Å². The first-order valence-electron chi connectivity index (χ1n) is 31.1. The van der Waals surface area contributed by atoms with E-state index in [0.29, 0.717) is 6.42 Å². The molecule has 0 aromatic rings. The largest absolute Gasteiger partial charge is 0.379 e. The van der Waals surface area contributed by atoms with E-state index in [1.54, 1.807) is 34.9 Å². The molecule has 86 heavy (non-hydrogen) atoms. The number of nitrogens with zero attached hydrogens (tertiary/aromatic N) is 7. The molecule has 1 aliphatic heterocycles. The molecule has 1 aliphatic rings. The maximum absolute atomic E-state index is 15.4. The van der Waals surface area contributed by atoms with E-state index in [0.717, 1.165) is 0 Å². The van der Waals surface area contributed by atoms with Gasteiger partial charge in [0.2, 0.25) is 59.1 Å². The average molecular weight is 1210 g/mol. The highest BCUT2D eigenvalue weighted by atomic mass is 16.5. The van der Waals surface area contributed by atoms with Gasteiger partial charge in [0.25, 0.3) is 0 Å². The summed E-state index contributed by atoms with van der Waals surface area (Å²) >= 11 is 0. The van der Waals surface area contributed by atoms with Crippen molar-refractivity contribution < 1.29 is 52.7 Å². The van der Waals surface area contributed by atoms with E-state index in [9.17, 15) is 33.6 Å². The third-order valence-electron chi connectivity index (χ3n) is 16.4. The number of carbonyl (C=O) groups excluding carboxylic acids is 10. The van der Waals surface area contributed by atoms with Gasteiger partial charge < -0.3 is 60.3 Å². The predicted octanol–water partition coefficient (Wildman–Crippen LogP) is 4.91. The van der Waals surface area contributed by atoms with Gasteiger partial charge in [-0.25, -0.2) is 0 Å². The highest BCUT2D eigenvalue weighted by molar-refractivity contribution is 5.98. The van der Waals surface area contributed by atoms with Crippen LogP contribution in [-0.2, 0) is 52.7 Å². The molecule has 1 saturated heterocycles. The Bertz CT molecular complexity index is 2340. The number of hydrogen-bond acceptors (Lipinski definition) is 12. The first-order valence-corrected chi connectivity index (χ1v) is 31.1. The van der Waals surface area contributed by atoms with Gasteiger partial charge in [-0.05, 0) is 101 Å². The van der Waals surface area contributed by atoms with Crippen LogP contribution in [0, 0.1) is 41.4 Å². The Morgan fingerprint density at radius 3 is 1.36 bits per heavy atom. The van der Waals surface area contributed by atoms with Crippen LogP contribution in [0.15, 0.2) is 24.4 Å². The van der Waals surface area contributed by atoms with Crippen molar-refractivity contribution in [2.75, 3.05) is 63.0 Å². The van der Waals surface area contributed by atoms with Gasteiger partial charge in [-0.15, -0.1) is 0 Å². The minimum atomic E-state index is -1.21. The predicted molar refractivity (Wildman–Crippen MR) is 337 cm³/mol. The molecule has 0 radical (unpaired) electrons. The number of carbonyl (C=O) groups is 10. The van der Waals surface area contributed by atoms with Crippen LogP contribution in [0.4, 0.5) is 0 Å². The fraction of sp³-hybridized carbons (Fsp3) is 0.781. The molecule has 10 amide bonds. The van der Waals surface area contributed by atoms with Crippen LogP contribution in [0.25, 0.3) is 0 Å². The molecule has 12 unspecified atom stereocenters. The maximum Gasteiger partial charge on any atom is 0.246 e. The lowest BCUT2D eigenvalue weighted by molar-refractivity contribution is -0.155. The van der Waals surface area contributed by atoms with E-state index in [2.05, 4.69) is 27.8 Å². The van der Waals surface area contributed by atoms with E-state index in [-0.39, 0.29) is 67.4 Å². The number of nitrogens with one attached hydrogen (secondary N) is 4. The van der Waals surface area contributed by atoms with Crippen LogP contribution in [0.3, 0.4) is 0 Å². The molecule has 0 aromatic heterocycles. The minimum Gasteiger partial charge on any atom is -0.379 e. The molecule has 1 heterocycles. The second-order valence-corrected chi connectivity index (χ2v) is 26.5. The fourth-order valence-corrected chi connectivity index (χ4v) is 11.2. The number of rotatable bonds is 16. The van der Waals surface area contributed by atoms with Gasteiger partial charge in [0.15, 0.2) is 0 Å². The number of ether oxygens (including phenoxy) is 1. The van der Waals surface area contributed by atoms with Gasteiger partial charge in [-0.1, -0.05) is 116 Å². The molecular formula is C64H115N11O11. The highest BCUT2D eigenvalue weighted by Gasteiger charge is 2.45. The maximum atomic E-state index is 15.4. The van der Waals surface area contributed by atoms with Crippen LogP contribution in [0.2, 0.25) is 0 Å². The molecule has 4 N–H and O–H groups in total. The lowest BCUT2D eigenvalue weighted by Crippen LogP contribution is -2.62. The molecule has 0 saturated carbocycles. The van der Waals surface area contributed by atoms with Crippen molar-refractivity contribution in [3.63, 3.8) is 0 Å². The number of methoxy groups -OCH3 is 1. The topological polar surface area (TPSA) is 251 Å². The van der Waals surface area contributed by atoms with Gasteiger partial charge in [0.05, 0.1) is 18.7 Å². The Morgan fingerprint density at radius 2 is 0.919 bits per heavy atom. The quantitative estimate of drug-likeness (QED) is 0.151. The van der Waals surface area contributed by atoms with Gasteiger partial charge >= 0.3 is 0 Å². The minimum absolute atomic E-state index is 0.0988. The lowest BCUT2D eigenvalue weighted by atomic mass is 9.90. The molecule has 1 fully saturated rings. The molecule has 492 valence electrons. The molecule has 0 bridgehead atoms. The number of hydrogen-bond donors (Lipinski definition) is 4. The Morgan fingerprint density at radius 1 is 0.500 bits per heavy atom. The van der Waals surface area contributed by atoms with E-state index in [1.807, 2.05) is 95.2 Å². The summed E-state index contributed by atoms with van der Waals surface area (Å²) in [6.45, 7) is 34.9. The van der Waals surface area contributed by atoms with E-state index in [4.69, 9.17) is 4.74 Å². The Kier molecular flexibility index (Phi) is 32.3. The summed E-state index contributed by atoms with van der Waals surface area (Å²) < 4.78 is 6.23. The van der Waals surface area contributed by atoms with Crippen molar-refractivity contribution in [2.24, 2.45) is 41.4 Å². The van der Waals surface area contributed by atoms with E-state index < -0.39 is 144 Å². The summed E-state index contributed by atoms with van der Waals surface area (Å²) in [5.41, 5.74) is 0.265. The number of amides is 10. The SMILES string of the molecule is C=C1NC(CC)C(=O)N(C)CC(=O)N(C)C(CC(C)C)C(=O)NC(C(C)C)C(=O)N(C)C(CC(C)C)C(=O)NC(C)C(=O)NC(C)C(=O)N(C)C(CC(C)C)C(=O)N(C)C(CC(C)C)C(=O)N(C)C(C(C)C)C(=O)N(C)C1C(OC)C(C)C/C=C/C. The average Bonchev–Trinajstić information content (AvgIpc) is 1.20. The Hall–Kier alpha value is -6.06. The summed E-state index contributed by atoms with van der Waals surface area (Å²) in [6.07, 6.45) is 4.77. The van der Waals surface area contributed by atoms with E-state index >= 15 is 14.4 Å². The van der Waals surface area contributed by atoms with Crippen molar-refractivity contribution in [3.8, 4) is 0 Å². The first kappa shape index (κ1) is 78.0. The van der Waals surface area contributed by atoms with Gasteiger partial charge in [-0.2, -0.15) is 0 Å². The Balaban J connectivity index is 4.36. The molecule has 22 heteroatoms. The summed E-state index contributed by atoms with van der Waals surface area (Å²) in [4.78, 5) is 156. The van der Waals surface area contributed by atoms with Crippen LogP contribution in [0.1, 0.15) is 156 Å². The van der Waals surface area contributed by atoms with Gasteiger partial charge in [0, 0.05) is 62.1 Å². The molecule has 0 spiro atoms. The molecular weight excluding hydrogens is 1100 g/mol. The summed E-state index contributed by atoms with van der Waals surface area (Å²) in [7, 11) is 12.1. The second kappa shape index (κ2) is 35.7. The normalized spacial score (nSPS) is 26.7. The molecule has 0 aliphatic carbocycles. The second-order valence-electron chi connectivity index (χ2n) is 26.5. The standard InChI is InChI=1S/C64H115N11O11/c1-27-29-30-42(15)55(86-26)54-43(16)65-46(28-2)60(81)69(19)35-51(76)70(20)47(31-36(3)4)58(79)68-52(40(11)12)63(84)71(21)48(32-37(5)6)57(78)66-44(17)56(77)67-45(18)59(80)72(22)49(33-38(7)8)61(82)73(23)50(34-39(9)10)62(83)74(24)53(41(13)14)64(85)75(54)25/h27,29,36-42,44-50,52-55,65H,16,28,30-35H2,1-15,17-26H3,(H,66,78)(H,67,77)(H,68,79)/b29-27+. The van der Waals surface area contributed by atoms with Gasteiger partial charge in [-0.3, -0.25) is 47.9 Å². The van der Waals surface area contributed by atoms with Crippen molar-refractivity contribution in [1.29, 1.82) is 0 Å². The monoisotopic (exact) mass is 1210 g/mol. The van der Waals surface area contributed by atoms with Crippen molar-refractivity contribution in [1.82, 2.24) is 55.6 Å². The molecule has 12 atom stereocenters. The summed E-state index contributed by atoms with van der Waals surface area (Å²) in [5.74, 6) is -7.31. The van der Waals surface area contributed by atoms with Crippen LogP contribution in [-0.4, -0.2) is 223 Å². The molecule has 0 aromatic carbocycles. The number of likely N-dealkylation sites (N-methyl/N-ethyl adjacent to an activating group) is 7. The van der Waals surface area contributed by atoms with Gasteiger partial charge in [0.1, 0.15) is 54.4 Å². The smallest absolute Gasteiger partial charge is 0.246 e. The van der Waals surface area contributed by atoms with Crippen molar-refractivity contribution in [2.45, 2.75) is 223 Å². The third-order valence-corrected chi connectivity index (χ3v) is 16.4. The van der Waals surface area contributed by atoms with Crippen LogP contribution in [0.5, 0.6) is 0 Å². The summed E-state index contributed by atoms with van der Waals surface area (Å²) in [6, 6.07) is -10.9. The number of allylic oxidation sites excluding steroid dienone is 2. The zero-order chi connectivity index (χ0) is 66.7. The zero-order valence-corrected chi connectivity index (χ0v) is 57.3. The zero-order valence-electron chi connectivity index (χ0n) is 57.3. The van der Waals surface area contributed by atoms with Crippen molar-refractivity contribution >= 4 is 59.1 Å². The third kappa shape index (κ3) is 21.7. The Labute approximate surface area is 517 Å². The lowest BCUT2D eigenvalue weighted by Gasteiger charge is -2.43. The van der Waals surface area contributed by atoms with Crippen molar-refractivity contribution in [3.05, 3.63) is 24.4 Å². The fourth-order valence-electron chi connectivity index (χ4n) is 11.2. The van der Waals surface area contributed by atoms with Crippen LogP contribution < -0.4 is 21.3 Å². The summed E-state index contributed by atoms with van der Waals surface area (Å²) in [5, 5.41) is 11.6. The first-order chi connectivity index (χ1) is 39.7. The highest BCUT2D eigenvalue weighted by Crippen LogP contribution is 2.28. The molecule has 1 rings (SSSR count).